The second-order valence-corrected chi connectivity index (χ2v) is 6.03. The Morgan fingerprint density at radius 2 is 2.29 bits per heavy atom. The van der Waals surface area contributed by atoms with Crippen molar-refractivity contribution in [2.24, 2.45) is 0 Å². The van der Waals surface area contributed by atoms with E-state index in [2.05, 4.69) is 10.6 Å². The van der Waals surface area contributed by atoms with E-state index in [0.717, 1.165) is 22.5 Å². The van der Waals surface area contributed by atoms with Crippen molar-refractivity contribution >= 4 is 28.8 Å². The molecule has 0 bridgehead atoms. The van der Waals surface area contributed by atoms with Gasteiger partial charge in [-0.15, -0.1) is 11.3 Å². The van der Waals surface area contributed by atoms with Crippen molar-refractivity contribution in [1.29, 1.82) is 0 Å². The van der Waals surface area contributed by atoms with Gasteiger partial charge in [-0.05, 0) is 35.6 Å². The predicted octanol–water partition coefficient (Wildman–Crippen LogP) is 3.12. The first kappa shape index (κ1) is 13.8. The van der Waals surface area contributed by atoms with Crippen LogP contribution in [0.5, 0.6) is 0 Å². The minimum Gasteiger partial charge on any atom is -0.344 e. The molecule has 21 heavy (non-hydrogen) atoms. The van der Waals surface area contributed by atoms with E-state index in [0.29, 0.717) is 12.0 Å². The Morgan fingerprint density at radius 3 is 3.00 bits per heavy atom. The van der Waals surface area contributed by atoms with Gasteiger partial charge >= 0.3 is 0 Å². The maximum absolute atomic E-state index is 12.4. The normalized spacial score (nSPS) is 14.4. The summed E-state index contributed by atoms with van der Waals surface area (Å²) in [6, 6.07) is 9.41. The molecule has 3 rings (SSSR count). The summed E-state index contributed by atoms with van der Waals surface area (Å²) >= 11 is 1.64. The summed E-state index contributed by atoms with van der Waals surface area (Å²) in [6.45, 7) is 2.05. The van der Waals surface area contributed by atoms with Crippen LogP contribution in [-0.4, -0.2) is 11.8 Å². The number of anilines is 1. The van der Waals surface area contributed by atoms with Gasteiger partial charge in [0.05, 0.1) is 12.5 Å². The highest BCUT2D eigenvalue weighted by Gasteiger charge is 2.20. The zero-order valence-corrected chi connectivity index (χ0v) is 12.5. The summed E-state index contributed by atoms with van der Waals surface area (Å²) in [5.41, 5.74) is 2.27. The molecule has 0 fully saturated rings. The number of hydrogen-bond donors (Lipinski definition) is 2. The molecule has 1 aliphatic heterocycles. The van der Waals surface area contributed by atoms with Crippen molar-refractivity contribution in [3.05, 3.63) is 51.7 Å². The van der Waals surface area contributed by atoms with Gasteiger partial charge in [0.1, 0.15) is 0 Å². The fourth-order valence-corrected chi connectivity index (χ4v) is 3.32. The fraction of sp³-hybridized carbons (Fsp3) is 0.250. The third kappa shape index (κ3) is 2.83. The van der Waals surface area contributed by atoms with Gasteiger partial charge in [-0.1, -0.05) is 19.1 Å². The quantitative estimate of drug-likeness (QED) is 0.911. The Hall–Kier alpha value is -2.14. The van der Waals surface area contributed by atoms with E-state index < -0.39 is 0 Å². The second-order valence-electron chi connectivity index (χ2n) is 5.05. The number of fused-ring (bicyclic) bond motifs is 1. The molecule has 1 aromatic carbocycles. The maximum atomic E-state index is 12.4. The van der Waals surface area contributed by atoms with Crippen LogP contribution in [0.3, 0.4) is 0 Å². The molecular weight excluding hydrogens is 284 g/mol. The number of carbonyl (C=O) groups is 2. The molecule has 2 N–H and O–H groups in total. The SMILES string of the molecule is CCC(NC(=O)c1ccc2c(c1)NC(=O)C2)c1cccs1. The molecule has 0 radical (unpaired) electrons. The average molecular weight is 300 g/mol. The molecule has 2 amide bonds. The van der Waals surface area contributed by atoms with Crippen molar-refractivity contribution in [2.45, 2.75) is 25.8 Å². The fourth-order valence-electron chi connectivity index (χ4n) is 2.46. The number of benzene rings is 1. The Bertz CT molecular complexity index is 680. The average Bonchev–Trinajstić information content (AvgIpc) is 3.11. The summed E-state index contributed by atoms with van der Waals surface area (Å²) in [6.07, 6.45) is 1.23. The summed E-state index contributed by atoms with van der Waals surface area (Å²) in [5, 5.41) is 7.83. The molecule has 2 heterocycles. The zero-order valence-electron chi connectivity index (χ0n) is 11.7. The van der Waals surface area contributed by atoms with Crippen molar-refractivity contribution in [3.63, 3.8) is 0 Å². The van der Waals surface area contributed by atoms with Crippen molar-refractivity contribution in [3.8, 4) is 0 Å². The third-order valence-corrected chi connectivity index (χ3v) is 4.58. The first-order valence-corrected chi connectivity index (χ1v) is 7.82. The molecule has 0 saturated carbocycles. The zero-order chi connectivity index (χ0) is 14.8. The van der Waals surface area contributed by atoms with E-state index in [1.807, 2.05) is 30.5 Å². The standard InChI is InChI=1S/C16H16N2O2S/c1-2-12(14-4-3-7-21-14)18-16(20)11-6-5-10-9-15(19)17-13(10)8-11/h3-8,12H,2,9H2,1H3,(H,17,19)(H,18,20). The Balaban J connectivity index is 1.77. The first-order chi connectivity index (χ1) is 10.2. The van der Waals surface area contributed by atoms with Crippen LogP contribution >= 0.6 is 11.3 Å². The van der Waals surface area contributed by atoms with Gasteiger partial charge in [-0.2, -0.15) is 0 Å². The number of nitrogens with one attached hydrogen (secondary N) is 2. The van der Waals surface area contributed by atoms with E-state index >= 15 is 0 Å². The minimum atomic E-state index is -0.112. The van der Waals surface area contributed by atoms with Crippen LogP contribution in [0, 0.1) is 0 Å². The van der Waals surface area contributed by atoms with E-state index in [-0.39, 0.29) is 17.9 Å². The minimum absolute atomic E-state index is 0.0208. The molecule has 0 aliphatic carbocycles. The van der Waals surface area contributed by atoms with Gasteiger partial charge in [0.2, 0.25) is 5.91 Å². The van der Waals surface area contributed by atoms with Crippen LogP contribution in [0.25, 0.3) is 0 Å². The van der Waals surface area contributed by atoms with Crippen LogP contribution in [0.4, 0.5) is 5.69 Å². The molecule has 4 nitrogen and oxygen atoms in total. The molecule has 0 saturated heterocycles. The summed E-state index contributed by atoms with van der Waals surface area (Å²) in [7, 11) is 0. The number of amides is 2. The highest BCUT2D eigenvalue weighted by Crippen LogP contribution is 2.25. The topological polar surface area (TPSA) is 58.2 Å². The molecule has 5 heteroatoms. The summed E-state index contributed by atoms with van der Waals surface area (Å²) in [5.74, 6) is -0.133. The van der Waals surface area contributed by atoms with Crippen LogP contribution < -0.4 is 10.6 Å². The first-order valence-electron chi connectivity index (χ1n) is 6.94. The summed E-state index contributed by atoms with van der Waals surface area (Å²) < 4.78 is 0. The lowest BCUT2D eigenvalue weighted by Crippen LogP contribution is -2.27. The van der Waals surface area contributed by atoms with Gasteiger partial charge in [-0.25, -0.2) is 0 Å². The molecular formula is C16H16N2O2S. The lowest BCUT2D eigenvalue weighted by atomic mass is 10.1. The molecule has 1 aromatic heterocycles. The van der Waals surface area contributed by atoms with Gasteiger partial charge < -0.3 is 10.6 Å². The molecule has 0 spiro atoms. The summed E-state index contributed by atoms with van der Waals surface area (Å²) in [4.78, 5) is 24.9. The van der Waals surface area contributed by atoms with Crippen LogP contribution in [0.1, 0.15) is 40.2 Å². The number of thiophene rings is 1. The molecule has 108 valence electrons. The maximum Gasteiger partial charge on any atom is 0.251 e. The van der Waals surface area contributed by atoms with E-state index in [9.17, 15) is 9.59 Å². The molecule has 1 atom stereocenters. The van der Waals surface area contributed by atoms with Crippen molar-refractivity contribution in [1.82, 2.24) is 5.32 Å². The van der Waals surface area contributed by atoms with Crippen LogP contribution in [-0.2, 0) is 11.2 Å². The number of hydrogen-bond acceptors (Lipinski definition) is 3. The smallest absolute Gasteiger partial charge is 0.251 e. The van der Waals surface area contributed by atoms with Crippen molar-refractivity contribution < 1.29 is 9.59 Å². The third-order valence-electron chi connectivity index (χ3n) is 3.60. The Labute approximate surface area is 127 Å². The van der Waals surface area contributed by atoms with Gasteiger partial charge in [0.25, 0.3) is 5.91 Å². The van der Waals surface area contributed by atoms with Crippen LogP contribution in [0.15, 0.2) is 35.7 Å². The largest absolute Gasteiger partial charge is 0.344 e. The Morgan fingerprint density at radius 1 is 1.43 bits per heavy atom. The van der Waals surface area contributed by atoms with Gasteiger partial charge in [0, 0.05) is 16.1 Å². The highest BCUT2D eigenvalue weighted by atomic mass is 32.1. The highest BCUT2D eigenvalue weighted by molar-refractivity contribution is 7.10. The lowest BCUT2D eigenvalue weighted by molar-refractivity contribution is -0.115. The van der Waals surface area contributed by atoms with E-state index in [4.69, 9.17) is 0 Å². The number of carbonyl (C=O) groups excluding carboxylic acids is 2. The van der Waals surface area contributed by atoms with Gasteiger partial charge in [0.15, 0.2) is 0 Å². The molecule has 1 unspecified atom stereocenters. The van der Waals surface area contributed by atoms with Gasteiger partial charge in [-0.3, -0.25) is 9.59 Å². The van der Waals surface area contributed by atoms with Crippen LogP contribution in [0.2, 0.25) is 0 Å². The molecule has 1 aliphatic rings. The second kappa shape index (κ2) is 5.69. The lowest BCUT2D eigenvalue weighted by Gasteiger charge is -2.15. The van der Waals surface area contributed by atoms with Crippen molar-refractivity contribution in [2.75, 3.05) is 5.32 Å². The predicted molar refractivity (Wildman–Crippen MR) is 83.6 cm³/mol. The Kier molecular flexibility index (Phi) is 3.75. The van der Waals surface area contributed by atoms with E-state index in [1.165, 1.54) is 0 Å². The monoisotopic (exact) mass is 300 g/mol. The number of rotatable bonds is 4. The molecule has 2 aromatic rings. The van der Waals surface area contributed by atoms with E-state index in [1.54, 1.807) is 23.5 Å².